The number of fused-ring (bicyclic) bond motifs is 1. The van der Waals surface area contributed by atoms with Crippen molar-refractivity contribution in [2.75, 3.05) is 0 Å². The molecule has 1 atom stereocenters. The van der Waals surface area contributed by atoms with Crippen LogP contribution in [0.5, 0.6) is 0 Å². The summed E-state index contributed by atoms with van der Waals surface area (Å²) in [6.07, 6.45) is -0.0950. The molecule has 1 aromatic carbocycles. The maximum Gasteiger partial charge on any atom is 0.305 e. The fraction of sp³-hybridized carbons (Fsp3) is 0.375. The van der Waals surface area contributed by atoms with Crippen LogP contribution in [0.1, 0.15) is 43.1 Å². The number of nitrogens with zero attached hydrogens (tertiary/aromatic N) is 1. The first-order valence-electron chi connectivity index (χ1n) is 6.57. The number of aliphatic carboxylic acids is 1. The number of amides is 1. The van der Waals surface area contributed by atoms with Crippen molar-refractivity contribution in [3.8, 4) is 0 Å². The highest BCUT2D eigenvalue weighted by atomic mass is 16.4. The molecule has 1 aliphatic rings. The largest absolute Gasteiger partial charge is 0.481 e. The molecule has 0 radical (unpaired) electrons. The van der Waals surface area contributed by atoms with Gasteiger partial charge in [-0.2, -0.15) is 0 Å². The molecule has 1 heterocycles. The number of carbonyl (C=O) groups excluding carboxylic acids is 1. The van der Waals surface area contributed by atoms with Crippen molar-refractivity contribution in [3.05, 3.63) is 42.0 Å². The number of hydrogen-bond donors (Lipinski definition) is 1. The quantitative estimate of drug-likeness (QED) is 0.921. The Hall–Kier alpha value is -2.10. The number of rotatable bonds is 3. The molecule has 0 fully saturated rings. The van der Waals surface area contributed by atoms with Gasteiger partial charge in [0.2, 0.25) is 0 Å². The summed E-state index contributed by atoms with van der Waals surface area (Å²) in [4.78, 5) is 25.2. The van der Waals surface area contributed by atoms with Gasteiger partial charge in [0.1, 0.15) is 0 Å². The Morgan fingerprint density at radius 3 is 2.30 bits per heavy atom. The molecule has 1 amide bonds. The van der Waals surface area contributed by atoms with Crippen molar-refractivity contribution < 1.29 is 14.7 Å². The van der Waals surface area contributed by atoms with Crippen LogP contribution in [0.25, 0.3) is 5.70 Å². The SMILES string of the molecule is C=C1c2ccccc2C(=O)N1C(CC(=O)O)C(C)(C)C. The van der Waals surface area contributed by atoms with Gasteiger partial charge in [0.05, 0.1) is 12.5 Å². The highest BCUT2D eigenvalue weighted by Gasteiger charge is 2.41. The first-order chi connectivity index (χ1) is 9.23. The highest BCUT2D eigenvalue weighted by molar-refractivity contribution is 6.09. The Morgan fingerprint density at radius 2 is 1.85 bits per heavy atom. The summed E-state index contributed by atoms with van der Waals surface area (Å²) < 4.78 is 0. The molecule has 0 spiro atoms. The van der Waals surface area contributed by atoms with Crippen molar-refractivity contribution in [2.45, 2.75) is 33.2 Å². The minimum Gasteiger partial charge on any atom is -0.481 e. The molecular weight excluding hydrogens is 254 g/mol. The first kappa shape index (κ1) is 14.3. The molecule has 0 saturated carbocycles. The zero-order chi connectivity index (χ0) is 15.1. The van der Waals surface area contributed by atoms with Crippen LogP contribution in [0.4, 0.5) is 0 Å². The zero-order valence-corrected chi connectivity index (χ0v) is 12.0. The van der Waals surface area contributed by atoms with Gasteiger partial charge in [-0.25, -0.2) is 0 Å². The predicted octanol–water partition coefficient (Wildman–Crippen LogP) is 3.00. The second kappa shape index (κ2) is 4.78. The van der Waals surface area contributed by atoms with E-state index in [1.165, 1.54) is 0 Å². The van der Waals surface area contributed by atoms with Gasteiger partial charge in [0, 0.05) is 16.8 Å². The van der Waals surface area contributed by atoms with Gasteiger partial charge in [-0.1, -0.05) is 45.5 Å². The Bertz CT molecular complexity index is 549. The second-order valence-corrected chi connectivity index (χ2v) is 6.15. The average Bonchev–Trinajstić information content (AvgIpc) is 2.59. The number of carbonyl (C=O) groups is 2. The lowest BCUT2D eigenvalue weighted by Gasteiger charge is -2.37. The summed E-state index contributed by atoms with van der Waals surface area (Å²) in [5, 5.41) is 9.13. The van der Waals surface area contributed by atoms with Gasteiger partial charge in [-0.15, -0.1) is 0 Å². The molecule has 106 valence electrons. The molecule has 0 bridgehead atoms. The van der Waals surface area contributed by atoms with E-state index in [4.69, 9.17) is 5.11 Å². The Morgan fingerprint density at radius 1 is 1.30 bits per heavy atom. The van der Waals surface area contributed by atoms with Crippen molar-refractivity contribution in [3.63, 3.8) is 0 Å². The van der Waals surface area contributed by atoms with Gasteiger partial charge >= 0.3 is 5.97 Å². The third-order valence-electron chi connectivity index (χ3n) is 3.66. The summed E-state index contributed by atoms with van der Waals surface area (Å²) in [5.41, 5.74) is 1.63. The average molecular weight is 273 g/mol. The smallest absolute Gasteiger partial charge is 0.305 e. The lowest BCUT2D eigenvalue weighted by atomic mass is 9.83. The highest BCUT2D eigenvalue weighted by Crippen LogP contribution is 2.39. The summed E-state index contributed by atoms with van der Waals surface area (Å²) in [6, 6.07) is 6.83. The van der Waals surface area contributed by atoms with Gasteiger partial charge in [-0.05, 0) is 11.5 Å². The first-order valence-corrected chi connectivity index (χ1v) is 6.57. The minimum atomic E-state index is -0.915. The van der Waals surface area contributed by atoms with E-state index in [2.05, 4.69) is 6.58 Å². The summed E-state index contributed by atoms with van der Waals surface area (Å²) in [7, 11) is 0. The van der Waals surface area contributed by atoms with Crippen molar-refractivity contribution >= 4 is 17.6 Å². The van der Waals surface area contributed by atoms with Crippen LogP contribution in [0.2, 0.25) is 0 Å². The van der Waals surface area contributed by atoms with Crippen LogP contribution in [-0.4, -0.2) is 27.9 Å². The number of carboxylic acids is 1. The minimum absolute atomic E-state index is 0.0950. The van der Waals surface area contributed by atoms with Crippen molar-refractivity contribution in [1.82, 2.24) is 4.90 Å². The summed E-state index contributed by atoms with van der Waals surface area (Å²) in [5.74, 6) is -1.08. The molecule has 0 aliphatic carbocycles. The molecule has 1 aliphatic heterocycles. The monoisotopic (exact) mass is 273 g/mol. The van der Waals surface area contributed by atoms with E-state index in [0.717, 1.165) is 5.56 Å². The van der Waals surface area contributed by atoms with E-state index in [-0.39, 0.29) is 17.7 Å². The van der Waals surface area contributed by atoms with E-state index in [1.807, 2.05) is 32.9 Å². The lowest BCUT2D eigenvalue weighted by molar-refractivity contribution is -0.138. The fourth-order valence-electron chi connectivity index (χ4n) is 2.58. The molecule has 2 rings (SSSR count). The topological polar surface area (TPSA) is 57.6 Å². The Labute approximate surface area is 118 Å². The summed E-state index contributed by atoms with van der Waals surface area (Å²) in [6.45, 7) is 9.79. The maximum absolute atomic E-state index is 12.5. The van der Waals surface area contributed by atoms with Crippen LogP contribution in [0, 0.1) is 5.41 Å². The lowest BCUT2D eigenvalue weighted by Crippen LogP contribution is -2.44. The molecule has 4 heteroatoms. The molecule has 0 saturated heterocycles. The van der Waals surface area contributed by atoms with Crippen molar-refractivity contribution in [2.24, 2.45) is 5.41 Å². The molecule has 4 nitrogen and oxygen atoms in total. The maximum atomic E-state index is 12.5. The second-order valence-electron chi connectivity index (χ2n) is 6.15. The standard InChI is InChI=1S/C16H19NO3/c1-10-11-7-5-6-8-12(11)15(20)17(10)13(9-14(18)19)16(2,3)4/h5-8,13H,1,9H2,2-4H3,(H,18,19). The fourth-order valence-corrected chi connectivity index (χ4v) is 2.58. The van der Waals surface area contributed by atoms with E-state index >= 15 is 0 Å². The molecular formula is C16H19NO3. The molecule has 0 aromatic heterocycles. The Balaban J connectivity index is 2.45. The molecule has 1 aromatic rings. The van der Waals surface area contributed by atoms with Crippen LogP contribution in [-0.2, 0) is 4.79 Å². The summed E-state index contributed by atoms with van der Waals surface area (Å²) >= 11 is 0. The van der Waals surface area contributed by atoms with Crippen molar-refractivity contribution in [1.29, 1.82) is 0 Å². The van der Waals surface area contributed by atoms with Gasteiger partial charge in [0.25, 0.3) is 5.91 Å². The van der Waals surface area contributed by atoms with Gasteiger partial charge in [-0.3, -0.25) is 9.59 Å². The van der Waals surface area contributed by atoms with Crippen LogP contribution in [0.15, 0.2) is 30.8 Å². The van der Waals surface area contributed by atoms with E-state index in [9.17, 15) is 9.59 Å². The molecule has 1 unspecified atom stereocenters. The van der Waals surface area contributed by atoms with E-state index in [1.54, 1.807) is 17.0 Å². The van der Waals surface area contributed by atoms with Gasteiger partial charge in [0.15, 0.2) is 0 Å². The van der Waals surface area contributed by atoms with Crippen LogP contribution in [0.3, 0.4) is 0 Å². The number of hydrogen-bond acceptors (Lipinski definition) is 2. The van der Waals surface area contributed by atoms with Crippen LogP contribution >= 0.6 is 0 Å². The molecule has 1 N–H and O–H groups in total. The van der Waals surface area contributed by atoms with E-state index < -0.39 is 12.0 Å². The predicted molar refractivity (Wildman–Crippen MR) is 77.1 cm³/mol. The normalized spacial score (nSPS) is 16.2. The van der Waals surface area contributed by atoms with E-state index in [0.29, 0.717) is 11.3 Å². The van der Waals surface area contributed by atoms with Crippen LogP contribution < -0.4 is 0 Å². The van der Waals surface area contributed by atoms with Gasteiger partial charge < -0.3 is 10.0 Å². The number of benzene rings is 1. The third-order valence-corrected chi connectivity index (χ3v) is 3.66. The Kier molecular flexibility index (Phi) is 3.42. The molecule has 20 heavy (non-hydrogen) atoms. The zero-order valence-electron chi connectivity index (χ0n) is 12.0. The number of carboxylic acid groups (broad SMARTS) is 1. The third kappa shape index (κ3) is 2.33.